The molecular formula is C15H24N2O3S. The Kier molecular flexibility index (Phi) is 5.75. The van der Waals surface area contributed by atoms with Crippen LogP contribution >= 0.6 is 0 Å². The molecule has 0 unspecified atom stereocenters. The van der Waals surface area contributed by atoms with Crippen molar-refractivity contribution in [2.45, 2.75) is 25.1 Å². The Hall–Kier alpha value is -0.950. The molecule has 5 nitrogen and oxygen atoms in total. The second-order valence-electron chi connectivity index (χ2n) is 5.62. The first-order chi connectivity index (χ1) is 10.0. The van der Waals surface area contributed by atoms with Crippen LogP contribution in [0.25, 0.3) is 0 Å². The lowest BCUT2D eigenvalue weighted by atomic mass is 10.1. The van der Waals surface area contributed by atoms with Crippen molar-refractivity contribution < 1.29 is 13.2 Å². The van der Waals surface area contributed by atoms with E-state index in [9.17, 15) is 8.42 Å². The van der Waals surface area contributed by atoms with Crippen LogP contribution in [0.3, 0.4) is 0 Å². The van der Waals surface area contributed by atoms with Gasteiger partial charge in [-0.05, 0) is 29.9 Å². The maximum Gasteiger partial charge on any atom is 0.218 e. The minimum atomic E-state index is -3.30. The standard InChI is InChI=1S/C15H24N2O3S/c1-17(8-9-20-11-14-4-5-14)21(18,19)12-15-6-2-13(10-16)3-7-15/h2-3,6-7,14H,4-5,8-12,16H2,1H3. The van der Waals surface area contributed by atoms with Crippen molar-refractivity contribution in [3.63, 3.8) is 0 Å². The minimum Gasteiger partial charge on any atom is -0.380 e. The normalized spacial score (nSPS) is 15.6. The second-order valence-corrected chi connectivity index (χ2v) is 7.69. The Bertz CT molecular complexity index is 539. The number of sulfonamides is 1. The molecule has 0 aromatic heterocycles. The average molecular weight is 312 g/mol. The smallest absolute Gasteiger partial charge is 0.218 e. The van der Waals surface area contributed by atoms with Gasteiger partial charge >= 0.3 is 0 Å². The molecule has 1 aromatic rings. The number of ether oxygens (including phenoxy) is 1. The second kappa shape index (κ2) is 7.35. The van der Waals surface area contributed by atoms with E-state index in [0.717, 1.165) is 17.7 Å². The van der Waals surface area contributed by atoms with Crippen molar-refractivity contribution in [2.75, 3.05) is 26.8 Å². The van der Waals surface area contributed by atoms with Crippen LogP contribution in [0, 0.1) is 5.92 Å². The van der Waals surface area contributed by atoms with E-state index in [1.54, 1.807) is 7.05 Å². The molecule has 0 amide bonds. The van der Waals surface area contributed by atoms with Crippen molar-refractivity contribution in [1.82, 2.24) is 4.31 Å². The third kappa shape index (κ3) is 5.39. The van der Waals surface area contributed by atoms with E-state index in [-0.39, 0.29) is 5.75 Å². The molecule has 2 N–H and O–H groups in total. The van der Waals surface area contributed by atoms with E-state index in [0.29, 0.717) is 25.6 Å². The molecule has 1 fully saturated rings. The van der Waals surface area contributed by atoms with Gasteiger partial charge < -0.3 is 10.5 Å². The Labute approximate surface area is 127 Å². The highest BCUT2D eigenvalue weighted by molar-refractivity contribution is 7.88. The molecule has 0 radical (unpaired) electrons. The highest BCUT2D eigenvalue weighted by Gasteiger charge is 2.22. The molecule has 0 atom stereocenters. The van der Waals surface area contributed by atoms with Gasteiger partial charge in [-0.1, -0.05) is 24.3 Å². The summed E-state index contributed by atoms with van der Waals surface area (Å²) in [5.41, 5.74) is 7.30. The van der Waals surface area contributed by atoms with Crippen LogP contribution in [0.5, 0.6) is 0 Å². The van der Waals surface area contributed by atoms with Crippen LogP contribution in [0.1, 0.15) is 24.0 Å². The van der Waals surface area contributed by atoms with Crippen LogP contribution in [0.2, 0.25) is 0 Å². The third-order valence-corrected chi connectivity index (χ3v) is 5.51. The van der Waals surface area contributed by atoms with Crippen LogP contribution in [-0.4, -0.2) is 39.5 Å². The predicted molar refractivity (Wildman–Crippen MR) is 83.1 cm³/mol. The van der Waals surface area contributed by atoms with Gasteiger partial charge in [-0.2, -0.15) is 0 Å². The van der Waals surface area contributed by atoms with E-state index in [1.807, 2.05) is 24.3 Å². The summed E-state index contributed by atoms with van der Waals surface area (Å²) < 4.78 is 31.3. The van der Waals surface area contributed by atoms with Gasteiger partial charge in [0, 0.05) is 26.7 Å². The molecule has 1 aliphatic rings. The topological polar surface area (TPSA) is 72.6 Å². The SMILES string of the molecule is CN(CCOCC1CC1)S(=O)(=O)Cc1ccc(CN)cc1. The average Bonchev–Trinajstić information content (AvgIpc) is 3.28. The molecule has 118 valence electrons. The lowest BCUT2D eigenvalue weighted by Crippen LogP contribution is -2.31. The molecule has 6 heteroatoms. The van der Waals surface area contributed by atoms with Crippen LogP contribution in [0.15, 0.2) is 24.3 Å². The van der Waals surface area contributed by atoms with Gasteiger partial charge in [-0.15, -0.1) is 0 Å². The summed E-state index contributed by atoms with van der Waals surface area (Å²) in [6.45, 7) is 2.08. The molecule has 0 saturated heterocycles. The molecule has 1 aromatic carbocycles. The molecule has 1 saturated carbocycles. The predicted octanol–water partition coefficient (Wildman–Crippen LogP) is 1.33. The summed E-state index contributed by atoms with van der Waals surface area (Å²) in [5, 5.41) is 0. The highest BCUT2D eigenvalue weighted by atomic mass is 32.2. The summed E-state index contributed by atoms with van der Waals surface area (Å²) in [6.07, 6.45) is 2.49. The molecule has 21 heavy (non-hydrogen) atoms. The zero-order valence-corrected chi connectivity index (χ0v) is 13.3. The van der Waals surface area contributed by atoms with Crippen LogP contribution in [0.4, 0.5) is 0 Å². The fourth-order valence-electron chi connectivity index (χ4n) is 1.96. The van der Waals surface area contributed by atoms with Gasteiger partial charge in [0.05, 0.1) is 12.4 Å². The Morgan fingerprint density at radius 3 is 2.43 bits per heavy atom. The molecular weight excluding hydrogens is 288 g/mol. The Balaban J connectivity index is 1.80. The zero-order chi connectivity index (χ0) is 15.3. The fraction of sp³-hybridized carbons (Fsp3) is 0.600. The van der Waals surface area contributed by atoms with Crippen molar-refractivity contribution in [1.29, 1.82) is 0 Å². The molecule has 0 heterocycles. The van der Waals surface area contributed by atoms with E-state index >= 15 is 0 Å². The monoisotopic (exact) mass is 312 g/mol. The molecule has 1 aliphatic carbocycles. The minimum absolute atomic E-state index is 0.0109. The molecule has 2 rings (SSSR count). The molecule has 0 spiro atoms. The summed E-state index contributed by atoms with van der Waals surface area (Å²) in [5.74, 6) is 0.713. The Morgan fingerprint density at radius 2 is 1.86 bits per heavy atom. The quantitative estimate of drug-likeness (QED) is 0.698. The number of benzene rings is 1. The largest absolute Gasteiger partial charge is 0.380 e. The Morgan fingerprint density at radius 1 is 1.24 bits per heavy atom. The number of hydrogen-bond donors (Lipinski definition) is 1. The van der Waals surface area contributed by atoms with Gasteiger partial charge in [-0.25, -0.2) is 12.7 Å². The first-order valence-corrected chi connectivity index (χ1v) is 8.92. The van der Waals surface area contributed by atoms with Gasteiger partial charge in [-0.3, -0.25) is 0 Å². The van der Waals surface area contributed by atoms with Crippen LogP contribution in [-0.2, 0) is 27.1 Å². The van der Waals surface area contributed by atoms with Crippen molar-refractivity contribution in [3.05, 3.63) is 35.4 Å². The summed E-state index contributed by atoms with van der Waals surface area (Å²) in [4.78, 5) is 0. The highest BCUT2D eigenvalue weighted by Crippen LogP contribution is 2.28. The summed E-state index contributed by atoms with van der Waals surface area (Å²) in [7, 11) is -1.69. The first kappa shape index (κ1) is 16.4. The maximum atomic E-state index is 12.2. The number of nitrogens with two attached hydrogens (primary N) is 1. The zero-order valence-electron chi connectivity index (χ0n) is 12.5. The number of nitrogens with zero attached hydrogens (tertiary/aromatic N) is 1. The third-order valence-electron chi connectivity index (χ3n) is 3.68. The molecule has 0 aliphatic heterocycles. The molecule has 0 bridgehead atoms. The van der Waals surface area contributed by atoms with Gasteiger partial charge in [0.15, 0.2) is 0 Å². The lowest BCUT2D eigenvalue weighted by Gasteiger charge is -2.17. The van der Waals surface area contributed by atoms with E-state index in [2.05, 4.69) is 0 Å². The van der Waals surface area contributed by atoms with Crippen LogP contribution < -0.4 is 5.73 Å². The van der Waals surface area contributed by atoms with Gasteiger partial charge in [0.25, 0.3) is 0 Å². The number of hydrogen-bond acceptors (Lipinski definition) is 4. The summed E-state index contributed by atoms with van der Waals surface area (Å²) in [6, 6.07) is 7.36. The van der Waals surface area contributed by atoms with Crippen molar-refractivity contribution in [2.24, 2.45) is 11.7 Å². The summed E-state index contributed by atoms with van der Waals surface area (Å²) >= 11 is 0. The first-order valence-electron chi connectivity index (χ1n) is 7.31. The number of rotatable bonds is 9. The van der Waals surface area contributed by atoms with Gasteiger partial charge in [0.2, 0.25) is 10.0 Å². The fourth-order valence-corrected chi connectivity index (χ4v) is 3.15. The van der Waals surface area contributed by atoms with Gasteiger partial charge in [0.1, 0.15) is 0 Å². The maximum absolute atomic E-state index is 12.2. The lowest BCUT2D eigenvalue weighted by molar-refractivity contribution is 0.117. The van der Waals surface area contributed by atoms with Crippen molar-refractivity contribution >= 4 is 10.0 Å². The number of likely N-dealkylation sites (N-methyl/N-ethyl adjacent to an activating group) is 1. The van der Waals surface area contributed by atoms with E-state index in [4.69, 9.17) is 10.5 Å². The van der Waals surface area contributed by atoms with E-state index in [1.165, 1.54) is 17.1 Å². The van der Waals surface area contributed by atoms with E-state index < -0.39 is 10.0 Å². The van der Waals surface area contributed by atoms with Crippen molar-refractivity contribution in [3.8, 4) is 0 Å².